The molecule has 114 valence electrons. The second-order valence-electron chi connectivity index (χ2n) is 4.41. The first kappa shape index (κ1) is 15.9. The highest BCUT2D eigenvalue weighted by Crippen LogP contribution is 2.22. The van der Waals surface area contributed by atoms with E-state index in [1.165, 1.54) is 7.11 Å². The fourth-order valence-electron chi connectivity index (χ4n) is 1.84. The minimum absolute atomic E-state index is 0.165. The van der Waals surface area contributed by atoms with Crippen molar-refractivity contribution >= 4 is 29.1 Å². The summed E-state index contributed by atoms with van der Waals surface area (Å²) in [6.45, 7) is -0.165. The molecule has 2 rings (SSSR count). The van der Waals surface area contributed by atoms with Crippen LogP contribution in [-0.2, 0) is 4.79 Å². The van der Waals surface area contributed by atoms with E-state index in [1.54, 1.807) is 48.5 Å². The maximum absolute atomic E-state index is 11.9. The second-order valence-corrected chi connectivity index (χ2v) is 4.82. The lowest BCUT2D eigenvalue weighted by Gasteiger charge is -2.10. The summed E-state index contributed by atoms with van der Waals surface area (Å²) in [5.41, 5.74) is 0.872. The Morgan fingerprint density at radius 2 is 1.77 bits per heavy atom. The van der Waals surface area contributed by atoms with Gasteiger partial charge in [-0.05, 0) is 24.3 Å². The number of halogens is 1. The van der Waals surface area contributed by atoms with Crippen LogP contribution in [0.4, 0.5) is 5.69 Å². The van der Waals surface area contributed by atoms with Crippen molar-refractivity contribution in [3.63, 3.8) is 0 Å². The van der Waals surface area contributed by atoms with Crippen molar-refractivity contribution in [1.29, 1.82) is 0 Å². The van der Waals surface area contributed by atoms with Gasteiger partial charge in [-0.1, -0.05) is 35.9 Å². The molecule has 0 aromatic heterocycles. The van der Waals surface area contributed by atoms with E-state index in [2.05, 4.69) is 10.6 Å². The third-order valence-corrected chi connectivity index (χ3v) is 3.24. The van der Waals surface area contributed by atoms with Crippen LogP contribution in [0.3, 0.4) is 0 Å². The third-order valence-electron chi connectivity index (χ3n) is 2.91. The van der Waals surface area contributed by atoms with Crippen LogP contribution >= 0.6 is 11.6 Å². The molecule has 5 nitrogen and oxygen atoms in total. The van der Waals surface area contributed by atoms with E-state index in [0.717, 1.165) is 0 Å². The van der Waals surface area contributed by atoms with Gasteiger partial charge in [-0.2, -0.15) is 0 Å². The monoisotopic (exact) mass is 318 g/mol. The van der Waals surface area contributed by atoms with Crippen LogP contribution in [0.2, 0.25) is 5.02 Å². The minimum Gasteiger partial charge on any atom is -0.495 e. The summed E-state index contributed by atoms with van der Waals surface area (Å²) >= 11 is 5.93. The summed E-state index contributed by atoms with van der Waals surface area (Å²) in [5, 5.41) is 5.53. The number of nitrogens with one attached hydrogen (secondary N) is 2. The van der Waals surface area contributed by atoms with Gasteiger partial charge < -0.3 is 15.4 Å². The molecule has 0 saturated carbocycles. The second kappa shape index (κ2) is 7.47. The van der Waals surface area contributed by atoms with Gasteiger partial charge in [0, 0.05) is 0 Å². The van der Waals surface area contributed by atoms with Gasteiger partial charge in [0.1, 0.15) is 5.75 Å². The quantitative estimate of drug-likeness (QED) is 0.890. The molecule has 0 saturated heterocycles. The molecule has 0 radical (unpaired) electrons. The van der Waals surface area contributed by atoms with Crippen molar-refractivity contribution in [1.82, 2.24) is 5.32 Å². The highest BCUT2D eigenvalue weighted by Gasteiger charge is 2.12. The van der Waals surface area contributed by atoms with E-state index in [4.69, 9.17) is 16.3 Å². The van der Waals surface area contributed by atoms with Crippen LogP contribution in [0.1, 0.15) is 10.4 Å². The Bertz CT molecular complexity index is 689. The molecule has 6 heteroatoms. The summed E-state index contributed by atoms with van der Waals surface area (Å²) in [4.78, 5) is 23.8. The molecule has 2 N–H and O–H groups in total. The number of anilines is 1. The van der Waals surface area contributed by atoms with E-state index in [-0.39, 0.29) is 12.5 Å². The Hall–Kier alpha value is -2.53. The van der Waals surface area contributed by atoms with Gasteiger partial charge in [0.15, 0.2) is 0 Å². The molecule has 0 bridgehead atoms. The molecule has 0 unspecified atom stereocenters. The van der Waals surface area contributed by atoms with Gasteiger partial charge in [0.05, 0.1) is 29.9 Å². The SMILES string of the molecule is COc1ccccc1NC(=O)CNC(=O)c1ccccc1Cl. The average Bonchev–Trinajstić information content (AvgIpc) is 2.53. The standard InChI is InChI=1S/C16H15ClN2O3/c1-22-14-9-5-4-8-13(14)19-15(20)10-18-16(21)11-6-2-3-7-12(11)17/h2-9H,10H2,1H3,(H,18,21)(H,19,20). The van der Waals surface area contributed by atoms with Gasteiger partial charge in [-0.3, -0.25) is 9.59 Å². The molecule has 22 heavy (non-hydrogen) atoms. The van der Waals surface area contributed by atoms with E-state index >= 15 is 0 Å². The summed E-state index contributed by atoms with van der Waals surface area (Å²) in [5.74, 6) is -0.209. The first-order chi connectivity index (χ1) is 10.6. The van der Waals surface area contributed by atoms with Crippen molar-refractivity contribution in [2.45, 2.75) is 0 Å². The molecular weight excluding hydrogens is 304 g/mol. The Balaban J connectivity index is 1.93. The first-order valence-electron chi connectivity index (χ1n) is 6.57. The molecular formula is C16H15ClN2O3. The Morgan fingerprint density at radius 3 is 2.50 bits per heavy atom. The zero-order valence-electron chi connectivity index (χ0n) is 11.9. The van der Waals surface area contributed by atoms with Crippen molar-refractivity contribution in [3.05, 3.63) is 59.1 Å². The number of hydrogen-bond acceptors (Lipinski definition) is 3. The van der Waals surface area contributed by atoms with Crippen LogP contribution in [-0.4, -0.2) is 25.5 Å². The molecule has 0 aliphatic rings. The fourth-order valence-corrected chi connectivity index (χ4v) is 2.06. The summed E-state index contributed by atoms with van der Waals surface area (Å²) < 4.78 is 5.14. The molecule has 0 fully saturated rings. The third kappa shape index (κ3) is 3.99. The van der Waals surface area contributed by atoms with Crippen molar-refractivity contribution in [2.75, 3.05) is 19.0 Å². The normalized spacial score (nSPS) is 9.91. The van der Waals surface area contributed by atoms with E-state index in [0.29, 0.717) is 22.0 Å². The number of amides is 2. The van der Waals surface area contributed by atoms with Gasteiger partial charge in [-0.15, -0.1) is 0 Å². The predicted molar refractivity (Wildman–Crippen MR) is 85.4 cm³/mol. The van der Waals surface area contributed by atoms with Crippen LogP contribution < -0.4 is 15.4 Å². The van der Waals surface area contributed by atoms with Gasteiger partial charge in [-0.25, -0.2) is 0 Å². The van der Waals surface area contributed by atoms with E-state index < -0.39 is 5.91 Å². The van der Waals surface area contributed by atoms with Crippen LogP contribution in [0, 0.1) is 0 Å². The largest absolute Gasteiger partial charge is 0.495 e. The molecule has 0 aliphatic carbocycles. The zero-order chi connectivity index (χ0) is 15.9. The lowest BCUT2D eigenvalue weighted by Crippen LogP contribution is -2.33. The maximum Gasteiger partial charge on any atom is 0.253 e. The molecule has 0 spiro atoms. The zero-order valence-corrected chi connectivity index (χ0v) is 12.7. The number of rotatable bonds is 5. The number of carbonyl (C=O) groups excluding carboxylic acids is 2. The predicted octanol–water partition coefficient (Wildman–Crippen LogP) is 2.72. The smallest absolute Gasteiger partial charge is 0.253 e. The van der Waals surface area contributed by atoms with Gasteiger partial charge in [0.2, 0.25) is 5.91 Å². The molecule has 0 aliphatic heterocycles. The molecule has 0 heterocycles. The number of carbonyl (C=O) groups is 2. The molecule has 2 aromatic rings. The summed E-state index contributed by atoms with van der Waals surface area (Å²) in [6, 6.07) is 13.7. The Kier molecular flexibility index (Phi) is 5.38. The van der Waals surface area contributed by atoms with Crippen LogP contribution in [0.15, 0.2) is 48.5 Å². The molecule has 2 amide bonds. The van der Waals surface area contributed by atoms with Crippen LogP contribution in [0.5, 0.6) is 5.75 Å². The van der Waals surface area contributed by atoms with Gasteiger partial charge >= 0.3 is 0 Å². The number of hydrogen-bond donors (Lipinski definition) is 2. The van der Waals surface area contributed by atoms with Crippen molar-refractivity contribution in [2.24, 2.45) is 0 Å². The topological polar surface area (TPSA) is 67.4 Å². The Morgan fingerprint density at radius 1 is 1.09 bits per heavy atom. The molecule has 2 aromatic carbocycles. The number of methoxy groups -OCH3 is 1. The fraction of sp³-hybridized carbons (Fsp3) is 0.125. The Labute approximate surface area is 133 Å². The highest BCUT2D eigenvalue weighted by molar-refractivity contribution is 6.33. The number of para-hydroxylation sites is 2. The van der Waals surface area contributed by atoms with Gasteiger partial charge in [0.25, 0.3) is 5.91 Å². The highest BCUT2D eigenvalue weighted by atomic mass is 35.5. The van der Waals surface area contributed by atoms with Crippen LogP contribution in [0.25, 0.3) is 0 Å². The lowest BCUT2D eigenvalue weighted by atomic mass is 10.2. The molecule has 0 atom stereocenters. The summed E-state index contributed by atoms with van der Waals surface area (Å²) in [6.07, 6.45) is 0. The number of benzene rings is 2. The lowest BCUT2D eigenvalue weighted by molar-refractivity contribution is -0.115. The summed E-state index contributed by atoms with van der Waals surface area (Å²) in [7, 11) is 1.52. The average molecular weight is 319 g/mol. The van der Waals surface area contributed by atoms with E-state index in [1.807, 2.05) is 0 Å². The van der Waals surface area contributed by atoms with E-state index in [9.17, 15) is 9.59 Å². The maximum atomic E-state index is 11.9. The number of ether oxygens (including phenoxy) is 1. The van der Waals surface area contributed by atoms with Crippen molar-refractivity contribution in [3.8, 4) is 5.75 Å². The minimum atomic E-state index is -0.402. The first-order valence-corrected chi connectivity index (χ1v) is 6.95. The van der Waals surface area contributed by atoms with Crippen molar-refractivity contribution < 1.29 is 14.3 Å².